The maximum absolute atomic E-state index is 12.0. The predicted octanol–water partition coefficient (Wildman–Crippen LogP) is 5.75. The quantitative estimate of drug-likeness (QED) is 0.661. The zero-order valence-electron chi connectivity index (χ0n) is 13.5. The number of amides is 1. The summed E-state index contributed by atoms with van der Waals surface area (Å²) < 4.78 is 5.43. The van der Waals surface area contributed by atoms with Crippen LogP contribution in [0.15, 0.2) is 42.5 Å². The summed E-state index contributed by atoms with van der Waals surface area (Å²) in [7, 11) is 0. The molecule has 0 saturated heterocycles. The fourth-order valence-corrected chi connectivity index (χ4v) is 2.57. The molecule has 0 aromatic heterocycles. The van der Waals surface area contributed by atoms with Crippen molar-refractivity contribution in [1.29, 1.82) is 0 Å². The van der Waals surface area contributed by atoms with Crippen LogP contribution < -0.4 is 5.32 Å². The van der Waals surface area contributed by atoms with Crippen molar-refractivity contribution < 1.29 is 9.53 Å². The van der Waals surface area contributed by atoms with E-state index in [1.54, 1.807) is 0 Å². The number of hydrogen-bond donors (Lipinski definition) is 1. The maximum atomic E-state index is 12.0. The van der Waals surface area contributed by atoms with Crippen LogP contribution in [0.4, 0.5) is 10.5 Å². The van der Waals surface area contributed by atoms with Gasteiger partial charge in [-0.3, -0.25) is 5.32 Å². The molecule has 1 amide bonds. The van der Waals surface area contributed by atoms with Crippen LogP contribution in [0.3, 0.4) is 0 Å². The Morgan fingerprint density at radius 1 is 1.09 bits per heavy atom. The van der Waals surface area contributed by atoms with Crippen molar-refractivity contribution in [2.45, 2.75) is 52.1 Å². The van der Waals surface area contributed by atoms with E-state index in [4.69, 9.17) is 4.74 Å². The summed E-state index contributed by atoms with van der Waals surface area (Å²) in [6.45, 7) is 4.15. The van der Waals surface area contributed by atoms with Gasteiger partial charge in [0, 0.05) is 5.39 Å². The van der Waals surface area contributed by atoms with Crippen LogP contribution in [0.2, 0.25) is 0 Å². The molecule has 3 heteroatoms. The van der Waals surface area contributed by atoms with Crippen molar-refractivity contribution in [3.63, 3.8) is 0 Å². The second kappa shape index (κ2) is 8.42. The molecule has 0 spiro atoms. The van der Waals surface area contributed by atoms with Crippen molar-refractivity contribution >= 4 is 22.6 Å². The molecule has 118 valence electrons. The summed E-state index contributed by atoms with van der Waals surface area (Å²) in [5, 5.41) is 4.99. The number of carbonyl (C=O) groups excluding carboxylic acids is 1. The van der Waals surface area contributed by atoms with Gasteiger partial charge in [0.1, 0.15) is 6.10 Å². The molecular weight excluding hydrogens is 274 g/mol. The Balaban J connectivity index is 1.88. The van der Waals surface area contributed by atoms with Gasteiger partial charge in [-0.25, -0.2) is 4.79 Å². The second-order valence-corrected chi connectivity index (χ2v) is 5.72. The molecule has 0 unspecified atom stereocenters. The smallest absolute Gasteiger partial charge is 0.411 e. The first-order chi connectivity index (χ1) is 10.7. The number of rotatable bonds is 7. The Bertz CT molecular complexity index is 604. The van der Waals surface area contributed by atoms with Gasteiger partial charge in [0.05, 0.1) is 5.69 Å². The molecule has 0 saturated carbocycles. The average molecular weight is 299 g/mol. The summed E-state index contributed by atoms with van der Waals surface area (Å²) in [5.41, 5.74) is 0.793. The van der Waals surface area contributed by atoms with E-state index in [2.05, 4.69) is 12.2 Å². The topological polar surface area (TPSA) is 38.3 Å². The summed E-state index contributed by atoms with van der Waals surface area (Å²) >= 11 is 0. The minimum Gasteiger partial charge on any atom is -0.446 e. The van der Waals surface area contributed by atoms with Gasteiger partial charge in [-0.05, 0) is 31.2 Å². The second-order valence-electron chi connectivity index (χ2n) is 5.72. The minimum absolute atomic E-state index is 0.0492. The number of unbranched alkanes of at least 4 members (excludes halogenated alkanes) is 3. The normalized spacial score (nSPS) is 12.1. The fraction of sp³-hybridized carbons (Fsp3) is 0.421. The van der Waals surface area contributed by atoms with Crippen LogP contribution in [-0.4, -0.2) is 12.2 Å². The van der Waals surface area contributed by atoms with E-state index in [1.807, 2.05) is 49.4 Å². The highest BCUT2D eigenvalue weighted by atomic mass is 16.6. The molecule has 0 bridgehead atoms. The van der Waals surface area contributed by atoms with Crippen LogP contribution in [0, 0.1) is 0 Å². The highest BCUT2D eigenvalue weighted by molar-refractivity contribution is 6.00. The van der Waals surface area contributed by atoms with Gasteiger partial charge in [0.25, 0.3) is 0 Å². The number of hydrogen-bond acceptors (Lipinski definition) is 2. The van der Waals surface area contributed by atoms with Crippen LogP contribution in [0.1, 0.15) is 46.0 Å². The third kappa shape index (κ3) is 4.76. The maximum Gasteiger partial charge on any atom is 0.411 e. The highest BCUT2D eigenvalue weighted by Gasteiger charge is 2.10. The first-order valence-corrected chi connectivity index (χ1v) is 8.16. The van der Waals surface area contributed by atoms with Crippen molar-refractivity contribution in [3.05, 3.63) is 42.5 Å². The van der Waals surface area contributed by atoms with Gasteiger partial charge in [0.15, 0.2) is 0 Å². The monoisotopic (exact) mass is 299 g/mol. The summed E-state index contributed by atoms with van der Waals surface area (Å²) in [6.07, 6.45) is 5.27. The van der Waals surface area contributed by atoms with E-state index >= 15 is 0 Å². The van der Waals surface area contributed by atoms with E-state index in [9.17, 15) is 4.79 Å². The van der Waals surface area contributed by atoms with Gasteiger partial charge in [0.2, 0.25) is 0 Å². The van der Waals surface area contributed by atoms with Gasteiger partial charge < -0.3 is 4.74 Å². The van der Waals surface area contributed by atoms with Crippen molar-refractivity contribution in [1.82, 2.24) is 0 Å². The summed E-state index contributed by atoms with van der Waals surface area (Å²) in [5.74, 6) is 0. The zero-order chi connectivity index (χ0) is 15.8. The van der Waals surface area contributed by atoms with E-state index < -0.39 is 0 Å². The Morgan fingerprint density at radius 3 is 2.68 bits per heavy atom. The Morgan fingerprint density at radius 2 is 1.86 bits per heavy atom. The molecule has 0 aliphatic rings. The molecule has 3 nitrogen and oxygen atoms in total. The Hall–Kier alpha value is -2.03. The van der Waals surface area contributed by atoms with Crippen LogP contribution in [0.5, 0.6) is 0 Å². The van der Waals surface area contributed by atoms with E-state index in [0.29, 0.717) is 0 Å². The third-order valence-electron chi connectivity index (χ3n) is 3.80. The zero-order valence-corrected chi connectivity index (χ0v) is 13.5. The SMILES string of the molecule is CCCCCC[C@@H](C)OC(=O)Nc1cccc2ccccc12. The minimum atomic E-state index is -0.376. The highest BCUT2D eigenvalue weighted by Crippen LogP contribution is 2.23. The number of fused-ring (bicyclic) bond motifs is 1. The fourth-order valence-electron chi connectivity index (χ4n) is 2.57. The van der Waals surface area contributed by atoms with Crippen molar-refractivity contribution in [3.8, 4) is 0 Å². The molecule has 0 aliphatic carbocycles. The lowest BCUT2D eigenvalue weighted by molar-refractivity contribution is 0.114. The standard InChI is InChI=1S/C19H25NO2/c1-3-4-5-6-10-15(2)22-19(21)20-18-14-9-12-16-11-7-8-13-17(16)18/h7-9,11-15H,3-6,10H2,1-2H3,(H,20,21)/t15-/m1/s1. The van der Waals surface area contributed by atoms with Gasteiger partial charge >= 0.3 is 6.09 Å². The number of carbonyl (C=O) groups is 1. The van der Waals surface area contributed by atoms with Crippen molar-refractivity contribution in [2.75, 3.05) is 5.32 Å². The van der Waals surface area contributed by atoms with E-state index in [1.165, 1.54) is 19.3 Å². The number of anilines is 1. The molecule has 2 rings (SSSR count). The molecule has 0 heterocycles. The third-order valence-corrected chi connectivity index (χ3v) is 3.80. The number of benzene rings is 2. The lowest BCUT2D eigenvalue weighted by Crippen LogP contribution is -2.20. The van der Waals surface area contributed by atoms with Gasteiger partial charge in [-0.2, -0.15) is 0 Å². The Labute approximate surface area is 132 Å². The predicted molar refractivity (Wildman–Crippen MR) is 92.3 cm³/mol. The molecule has 22 heavy (non-hydrogen) atoms. The summed E-state index contributed by atoms with van der Waals surface area (Å²) in [4.78, 5) is 12.0. The van der Waals surface area contributed by atoms with E-state index in [0.717, 1.165) is 29.3 Å². The molecule has 0 radical (unpaired) electrons. The van der Waals surface area contributed by atoms with Crippen LogP contribution >= 0.6 is 0 Å². The summed E-state index contributed by atoms with van der Waals surface area (Å²) in [6, 6.07) is 13.9. The first-order valence-electron chi connectivity index (χ1n) is 8.16. The van der Waals surface area contributed by atoms with Crippen molar-refractivity contribution in [2.24, 2.45) is 0 Å². The van der Waals surface area contributed by atoms with E-state index in [-0.39, 0.29) is 12.2 Å². The lowest BCUT2D eigenvalue weighted by Gasteiger charge is -2.14. The average Bonchev–Trinajstić information content (AvgIpc) is 2.52. The van der Waals surface area contributed by atoms with Crippen LogP contribution in [0.25, 0.3) is 10.8 Å². The molecule has 0 fully saturated rings. The molecular formula is C19H25NO2. The Kier molecular flexibility index (Phi) is 6.26. The molecule has 2 aromatic carbocycles. The lowest BCUT2D eigenvalue weighted by atomic mass is 10.1. The number of nitrogens with one attached hydrogen (secondary N) is 1. The molecule has 2 aromatic rings. The number of ether oxygens (including phenoxy) is 1. The molecule has 1 N–H and O–H groups in total. The van der Waals surface area contributed by atoms with Crippen LogP contribution in [-0.2, 0) is 4.74 Å². The molecule has 0 aliphatic heterocycles. The largest absolute Gasteiger partial charge is 0.446 e. The first kappa shape index (κ1) is 16.3. The van der Waals surface area contributed by atoms with Gasteiger partial charge in [-0.1, -0.05) is 62.6 Å². The molecule has 1 atom stereocenters. The van der Waals surface area contributed by atoms with Gasteiger partial charge in [-0.15, -0.1) is 0 Å².